The van der Waals surface area contributed by atoms with Crippen molar-refractivity contribution in [2.75, 3.05) is 0 Å². The minimum Gasteiger partial charge on any atom is -0.388 e. The number of rotatable bonds is 5. The Bertz CT molecular complexity index is 399. The van der Waals surface area contributed by atoms with Crippen LogP contribution in [0.15, 0.2) is 42.0 Å². The fourth-order valence-electron chi connectivity index (χ4n) is 1.66. The van der Waals surface area contributed by atoms with Crippen LogP contribution >= 0.6 is 11.3 Å². The number of hydrogen-bond acceptors (Lipinski definition) is 3. The lowest BCUT2D eigenvalue weighted by Gasteiger charge is -2.09. The number of thiophene rings is 1. The number of aromatic nitrogens is 1. The minimum absolute atomic E-state index is 0.381. The van der Waals surface area contributed by atoms with Crippen LogP contribution in [0.5, 0.6) is 0 Å². The molecule has 0 saturated heterocycles. The molecule has 2 aromatic heterocycles. The van der Waals surface area contributed by atoms with E-state index in [0.29, 0.717) is 0 Å². The maximum absolute atomic E-state index is 9.91. The highest BCUT2D eigenvalue weighted by atomic mass is 32.1. The normalized spacial score (nSPS) is 12.6. The lowest BCUT2D eigenvalue weighted by molar-refractivity contribution is 0.164. The summed E-state index contributed by atoms with van der Waals surface area (Å²) in [6.45, 7) is 0. The summed E-state index contributed by atoms with van der Waals surface area (Å²) in [7, 11) is 0. The second-order valence-corrected chi connectivity index (χ2v) is 4.81. The van der Waals surface area contributed by atoms with Gasteiger partial charge in [-0.05, 0) is 42.3 Å². The van der Waals surface area contributed by atoms with Crippen LogP contribution in [0.4, 0.5) is 0 Å². The van der Waals surface area contributed by atoms with Crippen molar-refractivity contribution in [3.8, 4) is 0 Å². The third-order valence-corrected chi connectivity index (χ3v) is 3.49. The molecule has 0 spiro atoms. The maximum atomic E-state index is 9.91. The molecule has 0 radical (unpaired) electrons. The summed E-state index contributed by atoms with van der Waals surface area (Å²) >= 11 is 1.78. The monoisotopic (exact) mass is 233 g/mol. The largest absolute Gasteiger partial charge is 0.388 e. The molecule has 84 valence electrons. The van der Waals surface area contributed by atoms with Gasteiger partial charge in [0.1, 0.15) is 0 Å². The number of nitrogens with zero attached hydrogens (tertiary/aromatic N) is 1. The second-order valence-electron chi connectivity index (χ2n) is 3.77. The molecule has 0 aliphatic carbocycles. The molecule has 0 amide bonds. The van der Waals surface area contributed by atoms with Crippen molar-refractivity contribution in [3.05, 3.63) is 52.5 Å². The molecule has 0 aliphatic heterocycles. The summed E-state index contributed by atoms with van der Waals surface area (Å²) in [5.74, 6) is 0. The van der Waals surface area contributed by atoms with E-state index in [-0.39, 0.29) is 6.10 Å². The van der Waals surface area contributed by atoms with Gasteiger partial charge in [0, 0.05) is 17.3 Å². The number of aliphatic hydroxyl groups excluding tert-OH is 1. The van der Waals surface area contributed by atoms with E-state index in [4.69, 9.17) is 0 Å². The Labute approximate surface area is 99.6 Å². The van der Waals surface area contributed by atoms with E-state index in [0.717, 1.165) is 24.8 Å². The molecule has 2 aromatic rings. The van der Waals surface area contributed by atoms with Crippen LogP contribution in [0.3, 0.4) is 0 Å². The second kappa shape index (κ2) is 5.77. The molecule has 3 heteroatoms. The molecule has 0 bridgehead atoms. The van der Waals surface area contributed by atoms with E-state index in [9.17, 15) is 5.11 Å². The van der Waals surface area contributed by atoms with Gasteiger partial charge >= 0.3 is 0 Å². The molecule has 1 unspecified atom stereocenters. The zero-order valence-corrected chi connectivity index (χ0v) is 9.86. The van der Waals surface area contributed by atoms with Crippen LogP contribution in [0.25, 0.3) is 0 Å². The Morgan fingerprint density at radius 1 is 1.31 bits per heavy atom. The Morgan fingerprint density at radius 3 is 2.94 bits per heavy atom. The van der Waals surface area contributed by atoms with Crippen molar-refractivity contribution in [1.29, 1.82) is 0 Å². The molecule has 0 fully saturated rings. The van der Waals surface area contributed by atoms with Crippen molar-refractivity contribution in [3.63, 3.8) is 0 Å². The van der Waals surface area contributed by atoms with Gasteiger partial charge in [0.2, 0.25) is 0 Å². The van der Waals surface area contributed by atoms with Crippen molar-refractivity contribution < 1.29 is 5.11 Å². The first-order valence-corrected chi connectivity index (χ1v) is 6.34. The lowest BCUT2D eigenvalue weighted by Crippen LogP contribution is -1.98. The Hall–Kier alpha value is -1.19. The fourth-order valence-corrected chi connectivity index (χ4v) is 2.42. The highest BCUT2D eigenvalue weighted by molar-refractivity contribution is 7.09. The van der Waals surface area contributed by atoms with Crippen LogP contribution in [0, 0.1) is 0 Å². The predicted octanol–water partition coefficient (Wildman–Crippen LogP) is 3.20. The van der Waals surface area contributed by atoms with Crippen LogP contribution in [-0.4, -0.2) is 10.1 Å². The Kier molecular flexibility index (Phi) is 4.08. The first-order valence-electron chi connectivity index (χ1n) is 5.46. The summed E-state index contributed by atoms with van der Waals surface area (Å²) in [6, 6.07) is 7.99. The Balaban J connectivity index is 1.78. The summed E-state index contributed by atoms with van der Waals surface area (Å²) in [5.41, 5.74) is 0.911. The lowest BCUT2D eigenvalue weighted by atomic mass is 10.1. The Morgan fingerprint density at radius 2 is 2.25 bits per heavy atom. The molecular weight excluding hydrogens is 218 g/mol. The predicted molar refractivity (Wildman–Crippen MR) is 66.5 cm³/mol. The first kappa shape index (κ1) is 11.3. The van der Waals surface area contributed by atoms with Crippen LogP contribution in [0.1, 0.15) is 29.4 Å². The third-order valence-electron chi connectivity index (χ3n) is 2.55. The van der Waals surface area contributed by atoms with Gasteiger partial charge in [-0.3, -0.25) is 4.98 Å². The summed E-state index contributed by atoms with van der Waals surface area (Å²) in [6.07, 6.45) is 5.93. The highest BCUT2D eigenvalue weighted by Crippen LogP contribution is 2.19. The van der Waals surface area contributed by atoms with Gasteiger partial charge in [-0.1, -0.05) is 12.1 Å². The van der Waals surface area contributed by atoms with Crippen LogP contribution < -0.4 is 0 Å². The zero-order valence-electron chi connectivity index (χ0n) is 9.04. The summed E-state index contributed by atoms with van der Waals surface area (Å²) in [4.78, 5) is 5.39. The number of pyridine rings is 1. The van der Waals surface area contributed by atoms with Crippen LogP contribution in [0.2, 0.25) is 0 Å². The molecule has 2 heterocycles. The fraction of sp³-hybridized carbons (Fsp3) is 0.308. The van der Waals surface area contributed by atoms with E-state index in [1.165, 1.54) is 4.88 Å². The van der Waals surface area contributed by atoms with E-state index in [1.54, 1.807) is 23.7 Å². The zero-order chi connectivity index (χ0) is 11.2. The SMILES string of the molecule is OC(CCCc1cccs1)c1cccnc1. The molecule has 1 atom stereocenters. The molecular formula is C13H15NOS. The van der Waals surface area contributed by atoms with Gasteiger partial charge in [0.25, 0.3) is 0 Å². The average molecular weight is 233 g/mol. The topological polar surface area (TPSA) is 33.1 Å². The smallest absolute Gasteiger partial charge is 0.0805 e. The van der Waals surface area contributed by atoms with E-state index >= 15 is 0 Å². The standard InChI is InChI=1S/C13H15NOS/c15-13(11-4-2-8-14-10-11)7-1-5-12-6-3-9-16-12/h2-4,6,8-10,13,15H,1,5,7H2. The van der Waals surface area contributed by atoms with Gasteiger partial charge in [-0.2, -0.15) is 0 Å². The van der Waals surface area contributed by atoms with Gasteiger partial charge < -0.3 is 5.11 Å². The average Bonchev–Trinajstić information content (AvgIpc) is 2.83. The number of aliphatic hydroxyl groups is 1. The highest BCUT2D eigenvalue weighted by Gasteiger charge is 2.06. The molecule has 0 saturated carbocycles. The molecule has 0 aliphatic rings. The number of aryl methyl sites for hydroxylation is 1. The molecule has 16 heavy (non-hydrogen) atoms. The molecule has 0 aromatic carbocycles. The van der Waals surface area contributed by atoms with Crippen LogP contribution in [-0.2, 0) is 6.42 Å². The first-order chi connectivity index (χ1) is 7.86. The third kappa shape index (κ3) is 3.15. The van der Waals surface area contributed by atoms with Gasteiger partial charge in [0.05, 0.1) is 6.10 Å². The summed E-state index contributed by atoms with van der Waals surface area (Å²) < 4.78 is 0. The molecule has 1 N–H and O–H groups in total. The maximum Gasteiger partial charge on any atom is 0.0805 e. The van der Waals surface area contributed by atoms with E-state index in [2.05, 4.69) is 22.5 Å². The van der Waals surface area contributed by atoms with Crippen molar-refractivity contribution in [2.45, 2.75) is 25.4 Å². The van der Waals surface area contributed by atoms with Crippen molar-refractivity contribution in [1.82, 2.24) is 4.98 Å². The van der Waals surface area contributed by atoms with Gasteiger partial charge in [0.15, 0.2) is 0 Å². The van der Waals surface area contributed by atoms with E-state index in [1.807, 2.05) is 12.1 Å². The van der Waals surface area contributed by atoms with Gasteiger partial charge in [-0.15, -0.1) is 11.3 Å². The minimum atomic E-state index is -0.381. The number of hydrogen-bond donors (Lipinski definition) is 1. The van der Waals surface area contributed by atoms with Crippen molar-refractivity contribution in [2.24, 2.45) is 0 Å². The van der Waals surface area contributed by atoms with E-state index < -0.39 is 0 Å². The quantitative estimate of drug-likeness (QED) is 0.860. The molecule has 2 nitrogen and oxygen atoms in total. The van der Waals surface area contributed by atoms with Crippen molar-refractivity contribution >= 4 is 11.3 Å². The summed E-state index contributed by atoms with van der Waals surface area (Å²) in [5, 5.41) is 12.0. The molecule has 2 rings (SSSR count). The van der Waals surface area contributed by atoms with Gasteiger partial charge in [-0.25, -0.2) is 0 Å².